The number of pyridine rings is 2. The molecule has 2 aliphatic heterocycles. The molecular formula is C80H100N10O10S2. The fourth-order valence-corrected chi connectivity index (χ4v) is 15.3. The average Bonchev–Trinajstić information content (AvgIpc) is 1.45. The van der Waals surface area contributed by atoms with E-state index in [2.05, 4.69) is 88.9 Å². The zero-order chi connectivity index (χ0) is 70.8. The van der Waals surface area contributed by atoms with Crippen LogP contribution in [0.4, 0.5) is 11.4 Å². The highest BCUT2D eigenvalue weighted by Crippen LogP contribution is 2.33. The van der Waals surface area contributed by atoms with Crippen molar-refractivity contribution >= 4 is 99.8 Å². The summed E-state index contributed by atoms with van der Waals surface area (Å²) in [7, 11) is 3.54. The lowest BCUT2D eigenvalue weighted by atomic mass is 10.1. The standard InChI is InChI=1S/C80H100N10O10S2/c1-83(75(91)25-11-7-3-5-9-13-27-79(95)99-59-89-71-53-65(33-29-61(71)31-35-77(89)93)97-49-17-15-39-85-41-45-87(46-42-85)69-21-19-23-73-67(69)37-51-101-73)57-63-55-82-64(56-81-63)58-84(2)76(92)26-12-8-4-6-10-14-28-80(96)100-60-90-72-54-66(34-30-62(72)32-36-78(90)94)98-50-18-16-40-86-43-47-88(48-44-86)70-22-20-24-74-68(70)38-52-102-74/h19-24,29-38,51-56H,3-18,25-28,39-50,57-60H2,1-2H3. The summed E-state index contributed by atoms with van der Waals surface area (Å²) < 4.78 is 29.2. The van der Waals surface area contributed by atoms with Crippen molar-refractivity contribution in [2.45, 2.75) is 155 Å². The van der Waals surface area contributed by atoms with E-state index in [1.165, 1.54) is 52.8 Å². The van der Waals surface area contributed by atoms with Crippen molar-refractivity contribution in [3.63, 3.8) is 0 Å². The predicted octanol–water partition coefficient (Wildman–Crippen LogP) is 14.1. The zero-order valence-corrected chi connectivity index (χ0v) is 61.2. The molecule has 0 radical (unpaired) electrons. The Labute approximate surface area is 606 Å². The van der Waals surface area contributed by atoms with E-state index in [1.54, 1.807) is 71.1 Å². The molecule has 7 heterocycles. The maximum Gasteiger partial charge on any atom is 0.307 e. The number of thiophene rings is 2. The zero-order valence-electron chi connectivity index (χ0n) is 59.5. The molecule has 2 aliphatic rings. The normalized spacial score (nSPS) is 13.7. The minimum absolute atomic E-state index is 0.0356. The molecule has 542 valence electrons. The van der Waals surface area contributed by atoms with Gasteiger partial charge in [-0.2, -0.15) is 0 Å². The molecule has 0 saturated carbocycles. The van der Waals surface area contributed by atoms with Crippen LogP contribution >= 0.6 is 22.7 Å². The Kier molecular flexibility index (Phi) is 28.1. The number of hydrogen-bond acceptors (Lipinski definition) is 18. The minimum Gasteiger partial charge on any atom is -0.494 e. The minimum atomic E-state index is -0.343. The Morgan fingerprint density at radius 2 is 0.833 bits per heavy atom. The van der Waals surface area contributed by atoms with Crippen LogP contribution in [-0.2, 0) is 55.2 Å². The van der Waals surface area contributed by atoms with Gasteiger partial charge in [-0.3, -0.25) is 57.7 Å². The summed E-state index contributed by atoms with van der Waals surface area (Å²) in [6.45, 7) is 11.8. The molecule has 2 fully saturated rings. The molecule has 0 N–H and O–H groups in total. The van der Waals surface area contributed by atoms with Gasteiger partial charge < -0.3 is 38.5 Å². The first kappa shape index (κ1) is 74.5. The van der Waals surface area contributed by atoms with E-state index in [-0.39, 0.29) is 61.2 Å². The van der Waals surface area contributed by atoms with Gasteiger partial charge in [0.1, 0.15) is 11.5 Å². The highest BCUT2D eigenvalue weighted by molar-refractivity contribution is 7.17. The molecule has 2 saturated heterocycles. The molecule has 102 heavy (non-hydrogen) atoms. The van der Waals surface area contributed by atoms with Crippen molar-refractivity contribution < 1.29 is 38.1 Å². The van der Waals surface area contributed by atoms with Gasteiger partial charge in [0.25, 0.3) is 11.1 Å². The monoisotopic (exact) mass is 1420 g/mol. The van der Waals surface area contributed by atoms with Gasteiger partial charge in [0.05, 0.1) is 61.1 Å². The second-order valence-electron chi connectivity index (χ2n) is 27.2. The summed E-state index contributed by atoms with van der Waals surface area (Å²) in [5, 5.41) is 8.76. The van der Waals surface area contributed by atoms with Crippen molar-refractivity contribution in [3.05, 3.63) is 164 Å². The SMILES string of the molecule is CN(Cc1cnc(CN(C)C(=O)CCCCCCCCC(=O)OCn2c(=O)ccc3ccc(OCCCCN4CCN(c5cccc6sccc56)CC4)cc32)cn1)C(=O)CCCCCCCCC(=O)OCn1c(=O)ccc2ccc(OCCCCN3CCN(c4cccc5sccc45)CC3)cc21. The van der Waals surface area contributed by atoms with E-state index in [4.69, 9.17) is 18.9 Å². The van der Waals surface area contributed by atoms with Gasteiger partial charge >= 0.3 is 11.9 Å². The molecular weight excluding hydrogens is 1330 g/mol. The van der Waals surface area contributed by atoms with Crippen molar-refractivity contribution in [1.29, 1.82) is 0 Å². The summed E-state index contributed by atoms with van der Waals surface area (Å²) >= 11 is 3.59. The number of nitrogens with zero attached hydrogens (tertiary/aromatic N) is 10. The quantitative estimate of drug-likeness (QED) is 0.0260. The van der Waals surface area contributed by atoms with Crippen LogP contribution in [0, 0.1) is 0 Å². The van der Waals surface area contributed by atoms with Crippen molar-refractivity contribution in [1.82, 2.24) is 38.7 Å². The number of rotatable bonds is 40. The molecule has 22 heteroatoms. The fourth-order valence-electron chi connectivity index (χ4n) is 13.7. The van der Waals surface area contributed by atoms with Crippen molar-refractivity contribution in [3.8, 4) is 11.5 Å². The molecule has 20 nitrogen and oxygen atoms in total. The number of esters is 2. The number of carbonyl (C=O) groups is 4. The number of amides is 2. The van der Waals surface area contributed by atoms with E-state index in [1.807, 2.05) is 36.4 Å². The van der Waals surface area contributed by atoms with E-state index in [0.29, 0.717) is 85.9 Å². The van der Waals surface area contributed by atoms with Gasteiger partial charge in [-0.1, -0.05) is 63.5 Å². The maximum atomic E-state index is 13.0. The largest absolute Gasteiger partial charge is 0.494 e. The van der Waals surface area contributed by atoms with Crippen LogP contribution in [0.15, 0.2) is 142 Å². The van der Waals surface area contributed by atoms with E-state index < -0.39 is 0 Å². The van der Waals surface area contributed by atoms with Crippen molar-refractivity contribution in [2.24, 2.45) is 0 Å². The third-order valence-corrected chi connectivity index (χ3v) is 21.5. The Morgan fingerprint density at radius 1 is 0.441 bits per heavy atom. The predicted molar refractivity (Wildman–Crippen MR) is 408 cm³/mol. The first-order valence-corrected chi connectivity index (χ1v) is 38.6. The number of piperazine rings is 2. The molecule has 0 aliphatic carbocycles. The van der Waals surface area contributed by atoms with Gasteiger partial charge in [0.15, 0.2) is 13.5 Å². The lowest BCUT2D eigenvalue weighted by Gasteiger charge is -2.36. The first-order valence-electron chi connectivity index (χ1n) is 36.9. The fraction of sp³-hybridized carbons (Fsp3) is 0.475. The molecule has 0 unspecified atom stereocenters. The summed E-state index contributed by atoms with van der Waals surface area (Å²) in [5.41, 5.74) is 4.85. The molecule has 0 bridgehead atoms. The highest BCUT2D eigenvalue weighted by atomic mass is 32.1. The molecule has 2 amide bonds. The van der Waals surface area contributed by atoms with E-state index >= 15 is 0 Å². The molecule has 5 aromatic heterocycles. The summed E-state index contributed by atoms with van der Waals surface area (Å²) in [6.07, 6.45) is 18.9. The second-order valence-corrected chi connectivity index (χ2v) is 29.1. The van der Waals surface area contributed by atoms with E-state index in [0.717, 1.165) is 166 Å². The molecule has 4 aromatic carbocycles. The van der Waals surface area contributed by atoms with E-state index in [9.17, 15) is 28.8 Å². The van der Waals surface area contributed by atoms with Gasteiger partial charge in [-0.15, -0.1) is 22.7 Å². The van der Waals surface area contributed by atoms with Gasteiger partial charge in [0.2, 0.25) is 11.8 Å². The molecule has 0 atom stereocenters. The van der Waals surface area contributed by atoms with Crippen LogP contribution in [-0.4, -0.2) is 155 Å². The summed E-state index contributed by atoms with van der Waals surface area (Å²) in [4.78, 5) is 100. The number of benzene rings is 4. The highest BCUT2D eigenvalue weighted by Gasteiger charge is 2.22. The van der Waals surface area contributed by atoms with Crippen LogP contribution in [0.5, 0.6) is 11.5 Å². The number of hydrogen-bond donors (Lipinski definition) is 0. The third-order valence-electron chi connectivity index (χ3n) is 19.7. The van der Waals surface area contributed by atoms with Crippen LogP contribution < -0.4 is 30.4 Å². The smallest absolute Gasteiger partial charge is 0.307 e. The lowest BCUT2D eigenvalue weighted by Crippen LogP contribution is -2.46. The Balaban J connectivity index is 0.477. The molecule has 11 rings (SSSR count). The number of anilines is 2. The topological polar surface area (TPSA) is 194 Å². The number of aromatic nitrogens is 4. The van der Waals surface area contributed by atoms with Crippen LogP contribution in [0.1, 0.15) is 140 Å². The number of carbonyl (C=O) groups excluding carboxylic acids is 4. The Morgan fingerprint density at radius 3 is 1.25 bits per heavy atom. The number of ether oxygens (including phenoxy) is 4. The molecule has 0 spiro atoms. The maximum absolute atomic E-state index is 13.0. The first-order chi connectivity index (χ1) is 49.9. The van der Waals surface area contributed by atoms with Crippen LogP contribution in [0.2, 0.25) is 0 Å². The average molecular weight is 1430 g/mol. The summed E-state index contributed by atoms with van der Waals surface area (Å²) in [5.74, 6) is 0.742. The summed E-state index contributed by atoms with van der Waals surface area (Å²) in [6, 6.07) is 35.6. The van der Waals surface area contributed by atoms with Gasteiger partial charge in [0, 0.05) is 148 Å². The van der Waals surface area contributed by atoms with Crippen LogP contribution in [0.3, 0.4) is 0 Å². The Hall–Kier alpha value is -8.70. The molecule has 9 aromatic rings. The van der Waals surface area contributed by atoms with Crippen LogP contribution in [0.25, 0.3) is 42.0 Å². The van der Waals surface area contributed by atoms with Gasteiger partial charge in [-0.25, -0.2) is 0 Å². The van der Waals surface area contributed by atoms with Crippen molar-refractivity contribution in [2.75, 3.05) is 103 Å². The van der Waals surface area contributed by atoms with Gasteiger partial charge in [-0.05, 0) is 159 Å². The second kappa shape index (κ2) is 38.5. The lowest BCUT2D eigenvalue weighted by molar-refractivity contribution is -0.148. The Bertz CT molecular complexity index is 4040. The number of fused-ring (bicyclic) bond motifs is 4. The number of unbranched alkanes of at least 4 members (excludes halogenated alkanes) is 12. The third kappa shape index (κ3) is 21.7.